The first kappa shape index (κ1) is 28.5. The number of rotatable bonds is 15. The molecule has 1 fully saturated rings. The summed E-state index contributed by atoms with van der Waals surface area (Å²) in [5.74, 6) is -0.870. The second-order valence-corrected chi connectivity index (χ2v) is 10.5. The van der Waals surface area contributed by atoms with Gasteiger partial charge in [0.1, 0.15) is 16.8 Å². The largest absolute Gasteiger partial charge is 0.462 e. The van der Waals surface area contributed by atoms with Gasteiger partial charge in [-0.25, -0.2) is 13.4 Å². The van der Waals surface area contributed by atoms with Crippen molar-refractivity contribution in [2.24, 2.45) is 0 Å². The summed E-state index contributed by atoms with van der Waals surface area (Å²) in [6.07, 6.45) is 5.87. The van der Waals surface area contributed by atoms with Crippen molar-refractivity contribution in [2.75, 3.05) is 13.2 Å². The van der Waals surface area contributed by atoms with Crippen LogP contribution in [-0.2, 0) is 37.5 Å². The van der Waals surface area contributed by atoms with Crippen LogP contribution in [0.2, 0.25) is 0 Å². The number of halogens is 1. The van der Waals surface area contributed by atoms with Crippen molar-refractivity contribution in [3.63, 3.8) is 0 Å². The Bertz CT molecular complexity index is 1070. The number of esters is 1. The van der Waals surface area contributed by atoms with Crippen LogP contribution in [0.4, 0.5) is 4.39 Å². The van der Waals surface area contributed by atoms with Crippen LogP contribution in [0, 0.1) is 5.82 Å². The highest BCUT2D eigenvalue weighted by molar-refractivity contribution is 7.82. The van der Waals surface area contributed by atoms with E-state index in [0.29, 0.717) is 18.7 Å². The Labute approximate surface area is 220 Å². The number of amides is 2. The lowest BCUT2D eigenvalue weighted by Gasteiger charge is -2.38. The van der Waals surface area contributed by atoms with E-state index in [0.717, 1.165) is 49.7 Å². The second kappa shape index (κ2) is 14.6. The lowest BCUT2D eigenvalue weighted by Crippen LogP contribution is -2.55. The first-order valence-electron chi connectivity index (χ1n) is 12.8. The van der Waals surface area contributed by atoms with Gasteiger partial charge in [0, 0.05) is 19.4 Å². The number of ether oxygens (including phenoxy) is 1. The molecule has 2 amide bonds. The number of carbonyl (C=O) groups is 3. The van der Waals surface area contributed by atoms with E-state index in [9.17, 15) is 23.0 Å². The Morgan fingerprint density at radius 3 is 2.38 bits per heavy atom. The third-order valence-electron chi connectivity index (χ3n) is 6.17. The highest BCUT2D eigenvalue weighted by Crippen LogP contribution is 2.26. The molecule has 9 heteroatoms. The normalized spacial score (nSPS) is 15.7. The van der Waals surface area contributed by atoms with E-state index in [4.69, 9.17) is 4.74 Å². The number of hydrogen-bond acceptors (Lipinski definition) is 5. The average molecular weight is 531 g/mol. The average Bonchev–Trinajstić information content (AvgIpc) is 2.87. The maximum atomic E-state index is 12.9. The molecule has 1 aliphatic heterocycles. The monoisotopic (exact) mass is 530 g/mol. The zero-order valence-corrected chi connectivity index (χ0v) is 22.1. The fraction of sp³-hybridized carbons (Fsp3) is 0.464. The van der Waals surface area contributed by atoms with Gasteiger partial charge < -0.3 is 10.1 Å². The van der Waals surface area contributed by atoms with Gasteiger partial charge in [-0.1, -0.05) is 44.0 Å². The molecule has 200 valence electrons. The SMILES string of the molecule is CCCOC(=O)c1ccc(CS(=O)N2C(=O)CC2CC(=O)NCCCCCCc2ccc(F)cc2)cc1. The van der Waals surface area contributed by atoms with Crippen molar-refractivity contribution in [1.29, 1.82) is 0 Å². The fourth-order valence-electron chi connectivity index (χ4n) is 4.10. The van der Waals surface area contributed by atoms with Gasteiger partial charge in [-0.2, -0.15) is 0 Å². The molecule has 3 rings (SSSR count). The molecule has 0 aliphatic carbocycles. The first-order valence-corrected chi connectivity index (χ1v) is 14.1. The number of nitrogens with one attached hydrogen (secondary N) is 1. The third kappa shape index (κ3) is 9.07. The van der Waals surface area contributed by atoms with Gasteiger partial charge in [0.05, 0.1) is 24.0 Å². The minimum atomic E-state index is -1.59. The predicted octanol–water partition coefficient (Wildman–Crippen LogP) is 4.47. The van der Waals surface area contributed by atoms with Crippen LogP contribution in [0.1, 0.15) is 73.4 Å². The van der Waals surface area contributed by atoms with Crippen molar-refractivity contribution in [1.82, 2.24) is 9.62 Å². The smallest absolute Gasteiger partial charge is 0.338 e. The Balaban J connectivity index is 1.32. The van der Waals surface area contributed by atoms with Crippen LogP contribution in [0.15, 0.2) is 48.5 Å². The molecule has 1 saturated heterocycles. The van der Waals surface area contributed by atoms with Crippen molar-refractivity contribution in [3.8, 4) is 0 Å². The Hall–Kier alpha value is -3.07. The van der Waals surface area contributed by atoms with E-state index in [1.807, 2.05) is 6.92 Å². The summed E-state index contributed by atoms with van der Waals surface area (Å²) in [5.41, 5.74) is 2.27. The molecular weight excluding hydrogens is 495 g/mol. The topological polar surface area (TPSA) is 92.8 Å². The maximum absolute atomic E-state index is 12.9. The van der Waals surface area contributed by atoms with Crippen LogP contribution in [-0.4, -0.2) is 45.5 Å². The number of unbranched alkanes of at least 4 members (excludes halogenated alkanes) is 3. The van der Waals surface area contributed by atoms with Crippen LogP contribution < -0.4 is 5.32 Å². The molecule has 0 bridgehead atoms. The molecule has 2 atom stereocenters. The van der Waals surface area contributed by atoms with Crippen molar-refractivity contribution >= 4 is 28.8 Å². The minimum absolute atomic E-state index is 0.129. The number of nitrogens with zero attached hydrogens (tertiary/aromatic N) is 1. The van der Waals surface area contributed by atoms with Crippen LogP contribution in [0.25, 0.3) is 0 Å². The summed E-state index contributed by atoms with van der Waals surface area (Å²) in [7, 11) is -1.59. The molecule has 37 heavy (non-hydrogen) atoms. The number of benzene rings is 2. The van der Waals surface area contributed by atoms with Gasteiger partial charge in [-0.15, -0.1) is 0 Å². The molecule has 1 N–H and O–H groups in total. The highest BCUT2D eigenvalue weighted by Gasteiger charge is 2.41. The van der Waals surface area contributed by atoms with E-state index >= 15 is 0 Å². The molecule has 0 aromatic heterocycles. The summed E-state index contributed by atoms with van der Waals surface area (Å²) >= 11 is 0. The molecule has 1 heterocycles. The standard InChI is InChI=1S/C28H35FN2O5S/c1-2-17-36-28(34)23-12-8-22(9-13-23)20-37(35)31-25(19-27(31)33)18-26(32)30-16-6-4-3-5-7-21-10-14-24(29)15-11-21/h8-15,25H,2-7,16-20H2,1H3,(H,30,32). The van der Waals surface area contributed by atoms with Gasteiger partial charge >= 0.3 is 5.97 Å². The highest BCUT2D eigenvalue weighted by atomic mass is 32.2. The number of β-lactam (4-membered cyclic amide) rings is 1. The second-order valence-electron chi connectivity index (χ2n) is 9.22. The van der Waals surface area contributed by atoms with Crippen molar-refractivity contribution in [3.05, 3.63) is 71.0 Å². The summed E-state index contributed by atoms with van der Waals surface area (Å²) < 4.78 is 32.1. The number of aryl methyl sites for hydroxylation is 1. The molecule has 0 spiro atoms. The summed E-state index contributed by atoms with van der Waals surface area (Å²) in [6, 6.07) is 12.8. The number of hydrogen-bond donors (Lipinski definition) is 1. The van der Waals surface area contributed by atoms with Crippen molar-refractivity contribution in [2.45, 2.75) is 70.1 Å². The van der Waals surface area contributed by atoms with Gasteiger partial charge in [0.2, 0.25) is 11.8 Å². The molecule has 1 aliphatic rings. The van der Waals surface area contributed by atoms with Crippen molar-refractivity contribution < 1.29 is 27.7 Å². The lowest BCUT2D eigenvalue weighted by atomic mass is 10.0. The molecule has 2 unspecified atom stereocenters. The van der Waals surface area contributed by atoms with Gasteiger partial charge in [-0.05, 0) is 61.1 Å². The number of carbonyl (C=O) groups excluding carboxylic acids is 3. The van der Waals surface area contributed by atoms with Gasteiger partial charge in [0.15, 0.2) is 0 Å². The molecule has 0 radical (unpaired) electrons. The summed E-state index contributed by atoms with van der Waals surface area (Å²) in [4.78, 5) is 36.3. The van der Waals surface area contributed by atoms with Crippen LogP contribution in [0.3, 0.4) is 0 Å². The fourth-order valence-corrected chi connectivity index (χ4v) is 5.50. The Kier molecular flexibility index (Phi) is 11.3. The van der Waals surface area contributed by atoms with E-state index in [-0.39, 0.29) is 42.3 Å². The zero-order chi connectivity index (χ0) is 26.6. The Morgan fingerprint density at radius 2 is 1.70 bits per heavy atom. The van der Waals surface area contributed by atoms with Gasteiger partial charge in [0.25, 0.3) is 0 Å². The van der Waals surface area contributed by atoms with E-state index in [2.05, 4.69) is 5.32 Å². The van der Waals surface area contributed by atoms with E-state index in [1.54, 1.807) is 36.4 Å². The maximum Gasteiger partial charge on any atom is 0.338 e. The van der Waals surface area contributed by atoms with Crippen LogP contribution in [0.5, 0.6) is 0 Å². The quantitative estimate of drug-likeness (QED) is 0.208. The summed E-state index contributed by atoms with van der Waals surface area (Å²) in [6.45, 7) is 2.84. The predicted molar refractivity (Wildman–Crippen MR) is 140 cm³/mol. The molecule has 0 saturated carbocycles. The first-order chi connectivity index (χ1) is 17.9. The molecule has 2 aromatic rings. The molecule has 2 aromatic carbocycles. The molecule has 7 nitrogen and oxygen atoms in total. The Morgan fingerprint density at radius 1 is 1.03 bits per heavy atom. The van der Waals surface area contributed by atoms with Crippen LogP contribution >= 0.6 is 0 Å². The zero-order valence-electron chi connectivity index (χ0n) is 21.2. The minimum Gasteiger partial charge on any atom is -0.462 e. The van der Waals surface area contributed by atoms with E-state index < -0.39 is 17.0 Å². The third-order valence-corrected chi connectivity index (χ3v) is 7.69. The molecular formula is C28H35FN2O5S. The lowest BCUT2D eigenvalue weighted by molar-refractivity contribution is -0.138. The van der Waals surface area contributed by atoms with Gasteiger partial charge in [-0.3, -0.25) is 13.9 Å². The van der Waals surface area contributed by atoms with E-state index in [1.165, 1.54) is 16.4 Å². The summed E-state index contributed by atoms with van der Waals surface area (Å²) in [5, 5.41) is 2.89.